The fraction of sp³-hybridized carbons (Fsp3) is 0.435. The van der Waals surface area contributed by atoms with Gasteiger partial charge in [0.1, 0.15) is 0 Å². The average molecular weight is 956 g/mol. The fourth-order valence-corrected chi connectivity index (χ4v) is 9.97. The average Bonchev–Trinajstić information content (AvgIpc) is 3.31. The van der Waals surface area contributed by atoms with Crippen LogP contribution in [0.3, 0.4) is 0 Å². The minimum absolute atomic E-state index is 0. The third-order valence-corrected chi connectivity index (χ3v) is 16.3. The Hall–Kier alpha value is -1.90. The number of benzene rings is 4. The largest absolute Gasteiger partial charge is 1.00 e. The maximum Gasteiger partial charge on any atom is 1.00 e. The van der Waals surface area contributed by atoms with Gasteiger partial charge in [-0.15, -0.1) is 44.0 Å². The van der Waals surface area contributed by atoms with Gasteiger partial charge in [-0.1, -0.05) is 230 Å². The summed E-state index contributed by atoms with van der Waals surface area (Å²) in [6.45, 7) is 46.3. The molecule has 0 saturated heterocycles. The molecule has 0 aliphatic carbocycles. The summed E-state index contributed by atoms with van der Waals surface area (Å²) < 4.78 is 0. The minimum Gasteiger partial charge on any atom is -0.332 e. The van der Waals surface area contributed by atoms with Crippen LogP contribution in [0.5, 0.6) is 0 Å². The predicted octanol–water partition coefficient (Wildman–Crippen LogP) is 12.2. The van der Waals surface area contributed by atoms with Crippen molar-refractivity contribution in [3.05, 3.63) is 207 Å². The Morgan fingerprint density at radius 2 is 0.985 bits per heavy atom. The van der Waals surface area contributed by atoms with Crippen molar-refractivity contribution in [1.29, 1.82) is 0 Å². The SMILES string of the molecule is C=CCC.C=CC[Si](C)(C)C(CC(C)(C)CC)c1ccccc1.C=CC[Si](C)(C)Cl.C=Cc1ccccc1.CC(C)C[CH-]c1ccccc1.CCC(C)C[CH-]c1ccccc1.C[CH-]CC.[Li+].[Li+].[Li+]. The Bertz CT molecular complexity index is 1650. The molecule has 0 spiro atoms. The second-order valence-corrected chi connectivity index (χ2v) is 31.1. The van der Waals surface area contributed by atoms with Crippen LogP contribution in [0.1, 0.15) is 142 Å². The Morgan fingerprint density at radius 1 is 0.603 bits per heavy atom. The molecule has 2 atom stereocenters. The van der Waals surface area contributed by atoms with Gasteiger partial charge < -0.3 is 6.42 Å². The second-order valence-electron chi connectivity index (χ2n) is 19.1. The van der Waals surface area contributed by atoms with Crippen molar-refractivity contribution in [3.63, 3.8) is 0 Å². The third-order valence-electron chi connectivity index (χ3n) is 10.8. The van der Waals surface area contributed by atoms with Crippen LogP contribution in [0, 0.1) is 36.5 Å². The molecule has 0 fully saturated rings. The van der Waals surface area contributed by atoms with Crippen molar-refractivity contribution >= 4 is 32.6 Å². The second kappa shape index (κ2) is 50.1. The first-order chi connectivity index (χ1) is 30.8. The quantitative estimate of drug-likeness (QED) is 0.0380. The van der Waals surface area contributed by atoms with E-state index in [4.69, 9.17) is 11.1 Å². The zero-order valence-corrected chi connectivity index (χ0v) is 50.1. The third kappa shape index (κ3) is 49.1. The summed E-state index contributed by atoms with van der Waals surface area (Å²) in [5.41, 5.74) is 6.53. The van der Waals surface area contributed by atoms with Crippen molar-refractivity contribution in [2.75, 3.05) is 0 Å². The summed E-state index contributed by atoms with van der Waals surface area (Å²) in [6, 6.07) is 44.4. The van der Waals surface area contributed by atoms with Crippen molar-refractivity contribution < 1.29 is 56.6 Å². The summed E-state index contributed by atoms with van der Waals surface area (Å²) in [5, 5.41) is 0. The van der Waals surface area contributed by atoms with Crippen molar-refractivity contribution in [2.24, 2.45) is 17.3 Å². The van der Waals surface area contributed by atoms with Crippen molar-refractivity contribution in [3.8, 4) is 0 Å². The summed E-state index contributed by atoms with van der Waals surface area (Å²) in [6.07, 6.45) is 22.9. The molecule has 4 aromatic rings. The van der Waals surface area contributed by atoms with Gasteiger partial charge in [-0.2, -0.15) is 72.7 Å². The van der Waals surface area contributed by atoms with E-state index < -0.39 is 15.5 Å². The summed E-state index contributed by atoms with van der Waals surface area (Å²) >= 11 is 5.90. The zero-order chi connectivity index (χ0) is 50.0. The Kier molecular flexibility index (Phi) is 57.1. The van der Waals surface area contributed by atoms with Gasteiger partial charge in [-0.3, -0.25) is 0 Å². The molecule has 0 aliphatic rings. The van der Waals surface area contributed by atoms with E-state index >= 15 is 0 Å². The van der Waals surface area contributed by atoms with Crippen molar-refractivity contribution in [2.45, 2.75) is 158 Å². The molecule has 0 heterocycles. The molecule has 0 radical (unpaired) electrons. The maximum absolute atomic E-state index is 5.90. The van der Waals surface area contributed by atoms with Crippen LogP contribution in [-0.2, 0) is 0 Å². The van der Waals surface area contributed by atoms with Gasteiger partial charge in [-0.05, 0) is 47.0 Å². The van der Waals surface area contributed by atoms with Gasteiger partial charge in [-0.25, -0.2) is 0 Å². The molecular weight excluding hydrogens is 857 g/mol. The van der Waals surface area contributed by atoms with E-state index in [0.29, 0.717) is 5.41 Å². The Balaban J connectivity index is -0.000000174. The minimum atomic E-state index is -1.32. The van der Waals surface area contributed by atoms with Crippen LogP contribution in [0.2, 0.25) is 38.3 Å². The van der Waals surface area contributed by atoms with Gasteiger partial charge in [0, 0.05) is 0 Å². The molecule has 0 nitrogen and oxygen atoms in total. The van der Waals surface area contributed by atoms with Crippen LogP contribution in [0.15, 0.2) is 166 Å². The molecule has 68 heavy (non-hydrogen) atoms. The monoisotopic (exact) mass is 955 g/mol. The van der Waals surface area contributed by atoms with E-state index in [1.807, 2.05) is 54.6 Å². The number of rotatable bonds is 19. The van der Waals surface area contributed by atoms with Crippen LogP contribution in [0.4, 0.5) is 0 Å². The van der Waals surface area contributed by atoms with E-state index in [-0.39, 0.29) is 56.6 Å². The summed E-state index contributed by atoms with van der Waals surface area (Å²) in [5.74, 6) is 1.57. The molecule has 0 aliphatic heterocycles. The van der Waals surface area contributed by atoms with Crippen LogP contribution in [0.25, 0.3) is 6.08 Å². The van der Waals surface area contributed by atoms with E-state index in [9.17, 15) is 0 Å². The normalized spacial score (nSPS) is 10.8. The fourth-order valence-electron chi connectivity index (χ4n) is 5.73. The molecule has 4 aromatic carbocycles. The number of unbranched alkanes of at least 4 members (excludes halogenated alkanes) is 1. The molecule has 2 unspecified atom stereocenters. The summed E-state index contributed by atoms with van der Waals surface area (Å²) in [7, 11) is -2.62. The molecular formula is C62H98ClLi3Si2. The Morgan fingerprint density at radius 3 is 1.26 bits per heavy atom. The van der Waals surface area contributed by atoms with E-state index in [2.05, 4.69) is 232 Å². The van der Waals surface area contributed by atoms with Gasteiger partial charge in [0.05, 0.1) is 8.07 Å². The zero-order valence-electron chi connectivity index (χ0n) is 47.4. The molecule has 0 aromatic heterocycles. The molecule has 0 amide bonds. The van der Waals surface area contributed by atoms with E-state index in [1.54, 1.807) is 0 Å². The maximum atomic E-state index is 5.90. The first-order valence-corrected chi connectivity index (χ1v) is 32.0. The van der Waals surface area contributed by atoms with Crippen molar-refractivity contribution in [1.82, 2.24) is 0 Å². The smallest absolute Gasteiger partial charge is 0.332 e. The first-order valence-electron chi connectivity index (χ1n) is 24.5. The van der Waals surface area contributed by atoms with Crippen LogP contribution in [-0.4, -0.2) is 15.5 Å². The Labute approximate surface area is 467 Å². The predicted molar refractivity (Wildman–Crippen MR) is 309 cm³/mol. The number of hydrogen-bond donors (Lipinski definition) is 0. The van der Waals surface area contributed by atoms with E-state index in [0.717, 1.165) is 29.8 Å². The standard InChI is InChI=1S/C18H30Si.C12H17.C11H15.C8H8.C5H11ClSi.C4H9.C4H8.3Li/c1-7-14-19(5,6)17(15-18(3,4)8-2)16-12-10-9-11-13-16;1-3-11(2)9-10-12-7-5-4-6-8-12;1-10(2)8-9-11-6-4-3-5-7-11;1-2-8-6-4-3-5-7-8;1-4-5-7(2,3)6;2*1-3-4-2;;;/h7,9-13,17H,1,8,14-15H2,2-6H3;4-8,10-11H,3,9H2,1-2H3;3-7,9-10H,8H2,1-2H3;2-7H,1H2;4H,1,5H2,2-3H3;3H,4H2,1-2H3;3H,1,4H2,2H3;;;/q;2*-1;;;-1;;3*+1. The molecule has 0 N–H and O–H groups in total. The number of halogens is 1. The molecule has 0 bridgehead atoms. The van der Waals surface area contributed by atoms with Gasteiger partial charge >= 0.3 is 56.6 Å². The van der Waals surface area contributed by atoms with Gasteiger partial charge in [0.15, 0.2) is 7.38 Å². The summed E-state index contributed by atoms with van der Waals surface area (Å²) in [4.78, 5) is 0. The molecule has 4 rings (SSSR count). The van der Waals surface area contributed by atoms with E-state index in [1.165, 1.54) is 66.8 Å². The first kappa shape index (κ1) is 77.6. The molecule has 0 saturated carbocycles. The molecule has 6 heteroatoms. The van der Waals surface area contributed by atoms with Gasteiger partial charge in [0.25, 0.3) is 0 Å². The molecule has 364 valence electrons. The number of allylic oxidation sites excluding steroid dienone is 3. The number of hydrogen-bond acceptors (Lipinski definition) is 0. The van der Waals surface area contributed by atoms with Crippen LogP contribution >= 0.6 is 11.1 Å². The van der Waals surface area contributed by atoms with Gasteiger partial charge in [0.2, 0.25) is 0 Å². The van der Waals surface area contributed by atoms with Crippen LogP contribution < -0.4 is 56.6 Å². The topological polar surface area (TPSA) is 0 Å².